The number of anilines is 1. The number of hydrogen-bond acceptors (Lipinski definition) is 2. The topological polar surface area (TPSA) is 49.4 Å². The van der Waals surface area contributed by atoms with E-state index in [-0.39, 0.29) is 16.5 Å². The van der Waals surface area contributed by atoms with Gasteiger partial charge in [0, 0.05) is 23.8 Å². The monoisotopic (exact) mass is 414 g/mol. The SMILES string of the molecule is O=C(Nc1ccc(C(=O)N2CCC[C@@H]3CCCC[C@@H]32)cc1)c1ccc(F)cc1Cl. The van der Waals surface area contributed by atoms with Crippen molar-refractivity contribution in [3.8, 4) is 0 Å². The molecule has 2 atom stereocenters. The summed E-state index contributed by atoms with van der Waals surface area (Å²) in [5.74, 6) is -0.205. The lowest BCUT2D eigenvalue weighted by Gasteiger charge is -2.44. The van der Waals surface area contributed by atoms with E-state index in [1.807, 2.05) is 0 Å². The number of likely N-dealkylation sites (tertiary alicyclic amines) is 1. The van der Waals surface area contributed by atoms with Crippen molar-refractivity contribution in [3.63, 3.8) is 0 Å². The van der Waals surface area contributed by atoms with Gasteiger partial charge in [-0.3, -0.25) is 9.59 Å². The largest absolute Gasteiger partial charge is 0.335 e. The van der Waals surface area contributed by atoms with Crippen LogP contribution in [0.5, 0.6) is 0 Å². The lowest BCUT2D eigenvalue weighted by Crippen LogP contribution is -2.49. The highest BCUT2D eigenvalue weighted by Crippen LogP contribution is 2.36. The number of halogens is 2. The van der Waals surface area contributed by atoms with Gasteiger partial charge in [-0.2, -0.15) is 0 Å². The maximum Gasteiger partial charge on any atom is 0.257 e. The molecule has 1 aliphatic heterocycles. The minimum atomic E-state index is -0.493. The average molecular weight is 415 g/mol. The molecule has 0 unspecified atom stereocenters. The number of carbonyl (C=O) groups excluding carboxylic acids is 2. The van der Waals surface area contributed by atoms with E-state index in [0.717, 1.165) is 25.5 Å². The van der Waals surface area contributed by atoms with Crippen LogP contribution in [0.4, 0.5) is 10.1 Å². The van der Waals surface area contributed by atoms with Gasteiger partial charge in [0.05, 0.1) is 10.6 Å². The summed E-state index contributed by atoms with van der Waals surface area (Å²) in [5, 5.41) is 2.80. The molecule has 1 saturated heterocycles. The van der Waals surface area contributed by atoms with Gasteiger partial charge in [-0.1, -0.05) is 24.4 Å². The van der Waals surface area contributed by atoms with E-state index in [2.05, 4.69) is 10.2 Å². The molecule has 29 heavy (non-hydrogen) atoms. The Morgan fingerprint density at radius 3 is 2.48 bits per heavy atom. The normalized spacial score (nSPS) is 21.4. The van der Waals surface area contributed by atoms with Crippen molar-refractivity contribution in [2.75, 3.05) is 11.9 Å². The molecule has 6 heteroatoms. The van der Waals surface area contributed by atoms with Crippen LogP contribution in [0.3, 0.4) is 0 Å². The van der Waals surface area contributed by atoms with Crippen molar-refractivity contribution in [1.82, 2.24) is 4.90 Å². The molecule has 152 valence electrons. The molecule has 0 bridgehead atoms. The molecule has 1 heterocycles. The number of carbonyl (C=O) groups is 2. The second-order valence-electron chi connectivity index (χ2n) is 7.91. The van der Waals surface area contributed by atoms with Crippen LogP contribution in [0.25, 0.3) is 0 Å². The summed E-state index contributed by atoms with van der Waals surface area (Å²) < 4.78 is 13.2. The van der Waals surface area contributed by atoms with Crippen LogP contribution in [0.15, 0.2) is 42.5 Å². The van der Waals surface area contributed by atoms with Gasteiger partial charge in [-0.15, -0.1) is 0 Å². The highest BCUT2D eigenvalue weighted by molar-refractivity contribution is 6.34. The van der Waals surface area contributed by atoms with Gasteiger partial charge in [-0.25, -0.2) is 4.39 Å². The van der Waals surface area contributed by atoms with Crippen LogP contribution < -0.4 is 5.32 Å². The summed E-state index contributed by atoms with van der Waals surface area (Å²) in [6.07, 6.45) is 7.09. The van der Waals surface area contributed by atoms with E-state index in [1.165, 1.54) is 37.8 Å². The molecule has 4 rings (SSSR count). The number of fused-ring (bicyclic) bond motifs is 1. The summed E-state index contributed by atoms with van der Waals surface area (Å²) in [7, 11) is 0. The third kappa shape index (κ3) is 4.30. The van der Waals surface area contributed by atoms with E-state index in [0.29, 0.717) is 23.2 Å². The standard InChI is InChI=1S/C23H24ClFN2O2/c24-20-14-17(25)9-12-19(20)22(28)26-18-10-7-16(8-11-18)23(29)27-13-3-5-15-4-1-2-6-21(15)27/h7-12,14-15,21H,1-6,13H2,(H,26,28)/t15-,21-/m0/s1. The zero-order valence-electron chi connectivity index (χ0n) is 16.2. The summed E-state index contributed by atoms with van der Waals surface area (Å²) in [6, 6.07) is 10.9. The molecular weight excluding hydrogens is 391 g/mol. The summed E-state index contributed by atoms with van der Waals surface area (Å²) in [5.41, 5.74) is 1.39. The minimum absolute atomic E-state index is 0.0569. The van der Waals surface area contributed by atoms with Gasteiger partial charge >= 0.3 is 0 Å². The molecule has 2 fully saturated rings. The van der Waals surface area contributed by atoms with E-state index in [4.69, 9.17) is 11.6 Å². The Morgan fingerprint density at radius 2 is 1.72 bits per heavy atom. The molecule has 0 spiro atoms. The number of piperidine rings is 1. The predicted octanol–water partition coefficient (Wildman–Crippen LogP) is 5.53. The minimum Gasteiger partial charge on any atom is -0.335 e. The third-order valence-electron chi connectivity index (χ3n) is 6.07. The molecule has 1 aliphatic carbocycles. The second-order valence-corrected chi connectivity index (χ2v) is 8.32. The number of rotatable bonds is 3. The van der Waals surface area contributed by atoms with Crippen LogP contribution in [-0.4, -0.2) is 29.3 Å². The Morgan fingerprint density at radius 1 is 1.00 bits per heavy atom. The first-order valence-corrected chi connectivity index (χ1v) is 10.6. The van der Waals surface area contributed by atoms with Crippen molar-refractivity contribution in [2.24, 2.45) is 5.92 Å². The fourth-order valence-electron chi connectivity index (χ4n) is 4.61. The van der Waals surface area contributed by atoms with Gasteiger partial charge < -0.3 is 10.2 Å². The maximum absolute atomic E-state index is 13.2. The molecule has 0 radical (unpaired) electrons. The fourth-order valence-corrected chi connectivity index (χ4v) is 4.86. The van der Waals surface area contributed by atoms with Crippen molar-refractivity contribution in [1.29, 1.82) is 0 Å². The lowest BCUT2D eigenvalue weighted by molar-refractivity contribution is 0.0390. The first-order valence-electron chi connectivity index (χ1n) is 10.2. The van der Waals surface area contributed by atoms with Crippen molar-refractivity contribution >= 4 is 29.1 Å². The van der Waals surface area contributed by atoms with Crippen LogP contribution in [-0.2, 0) is 0 Å². The Hall–Kier alpha value is -2.40. The molecule has 2 aromatic carbocycles. The van der Waals surface area contributed by atoms with Crippen LogP contribution in [0.2, 0.25) is 5.02 Å². The van der Waals surface area contributed by atoms with Crippen LogP contribution >= 0.6 is 11.6 Å². The third-order valence-corrected chi connectivity index (χ3v) is 6.38. The zero-order valence-corrected chi connectivity index (χ0v) is 16.9. The Bertz CT molecular complexity index is 914. The number of amides is 2. The number of benzene rings is 2. The lowest BCUT2D eigenvalue weighted by atomic mass is 9.78. The summed E-state index contributed by atoms with van der Waals surface area (Å²) >= 11 is 5.95. The summed E-state index contributed by atoms with van der Waals surface area (Å²) in [4.78, 5) is 27.5. The van der Waals surface area contributed by atoms with E-state index in [9.17, 15) is 14.0 Å². The highest BCUT2D eigenvalue weighted by Gasteiger charge is 2.35. The zero-order chi connectivity index (χ0) is 20.4. The molecule has 2 aromatic rings. The van der Waals surface area contributed by atoms with E-state index < -0.39 is 11.7 Å². The first kappa shape index (κ1) is 19.9. The van der Waals surface area contributed by atoms with Gasteiger partial charge in [0.25, 0.3) is 11.8 Å². The quantitative estimate of drug-likeness (QED) is 0.718. The smallest absolute Gasteiger partial charge is 0.257 e. The molecule has 2 aliphatic rings. The number of nitrogens with one attached hydrogen (secondary N) is 1. The Labute approximate surface area is 175 Å². The van der Waals surface area contributed by atoms with Gasteiger partial charge in [-0.05, 0) is 74.1 Å². The molecular formula is C23H24ClFN2O2. The van der Waals surface area contributed by atoms with Gasteiger partial charge in [0.2, 0.25) is 0 Å². The van der Waals surface area contributed by atoms with Gasteiger partial charge in [0.15, 0.2) is 0 Å². The molecule has 1 N–H and O–H groups in total. The van der Waals surface area contributed by atoms with Crippen molar-refractivity contribution in [3.05, 3.63) is 64.4 Å². The molecule has 4 nitrogen and oxygen atoms in total. The Balaban J connectivity index is 1.44. The van der Waals surface area contributed by atoms with E-state index >= 15 is 0 Å². The second kappa shape index (κ2) is 8.54. The van der Waals surface area contributed by atoms with Crippen molar-refractivity contribution in [2.45, 2.75) is 44.6 Å². The van der Waals surface area contributed by atoms with Gasteiger partial charge in [0.1, 0.15) is 5.82 Å². The van der Waals surface area contributed by atoms with Crippen LogP contribution in [0.1, 0.15) is 59.2 Å². The first-order chi connectivity index (χ1) is 14.0. The highest BCUT2D eigenvalue weighted by atomic mass is 35.5. The predicted molar refractivity (Wildman–Crippen MR) is 112 cm³/mol. The average Bonchev–Trinajstić information content (AvgIpc) is 2.73. The number of nitrogens with zero attached hydrogens (tertiary/aromatic N) is 1. The fraction of sp³-hybridized carbons (Fsp3) is 0.391. The molecule has 1 saturated carbocycles. The molecule has 2 amide bonds. The molecule has 0 aromatic heterocycles. The Kier molecular flexibility index (Phi) is 5.86. The summed E-state index contributed by atoms with van der Waals surface area (Å²) in [6.45, 7) is 0.821. The van der Waals surface area contributed by atoms with Crippen molar-refractivity contribution < 1.29 is 14.0 Å². The maximum atomic E-state index is 13.2. The van der Waals surface area contributed by atoms with Crippen LogP contribution in [0, 0.1) is 11.7 Å². The van der Waals surface area contributed by atoms with E-state index in [1.54, 1.807) is 24.3 Å². The number of hydrogen-bond donors (Lipinski definition) is 1.